The van der Waals surface area contributed by atoms with E-state index in [2.05, 4.69) is 31.4 Å². The lowest BCUT2D eigenvalue weighted by atomic mass is 9.83. The van der Waals surface area contributed by atoms with Crippen molar-refractivity contribution in [2.75, 3.05) is 6.61 Å². The van der Waals surface area contributed by atoms with Crippen LogP contribution in [0.1, 0.15) is 57.3 Å². The molecule has 1 fully saturated rings. The number of hydrogen-bond acceptors (Lipinski definition) is 5. The third kappa shape index (κ3) is 5.14. The van der Waals surface area contributed by atoms with Gasteiger partial charge in [0.05, 0.1) is 11.7 Å². The Labute approximate surface area is 158 Å². The van der Waals surface area contributed by atoms with E-state index in [4.69, 9.17) is 4.74 Å². The predicted molar refractivity (Wildman–Crippen MR) is 101 cm³/mol. The van der Waals surface area contributed by atoms with Crippen LogP contribution in [0.5, 0.6) is 0 Å². The molecule has 0 saturated carbocycles. The van der Waals surface area contributed by atoms with Crippen molar-refractivity contribution in [2.45, 2.75) is 65.1 Å². The molecule has 6 nitrogen and oxygen atoms in total. The quantitative estimate of drug-likeness (QED) is 0.726. The van der Waals surface area contributed by atoms with Gasteiger partial charge in [0.25, 0.3) is 5.91 Å². The van der Waals surface area contributed by atoms with Crippen LogP contribution in [-0.4, -0.2) is 42.4 Å². The normalized spacial score (nSPS) is 21.5. The molecule has 1 aliphatic rings. The fourth-order valence-corrected chi connectivity index (χ4v) is 3.54. The zero-order chi connectivity index (χ0) is 19.3. The van der Waals surface area contributed by atoms with Crippen molar-refractivity contribution in [1.29, 1.82) is 0 Å². The number of amides is 2. The summed E-state index contributed by atoms with van der Waals surface area (Å²) in [6.45, 7) is 8.11. The zero-order valence-electron chi connectivity index (χ0n) is 15.8. The van der Waals surface area contributed by atoms with Gasteiger partial charge in [-0.15, -0.1) is 0 Å². The number of hydrogen-bond donors (Lipinski definition) is 2. The lowest BCUT2D eigenvalue weighted by Crippen LogP contribution is -2.54. The summed E-state index contributed by atoms with van der Waals surface area (Å²) in [5, 5.41) is 9.20. The first-order valence-electron chi connectivity index (χ1n) is 9.05. The van der Waals surface area contributed by atoms with Crippen LogP contribution in [0.4, 0.5) is 0 Å². The van der Waals surface area contributed by atoms with Crippen LogP contribution in [0.15, 0.2) is 16.8 Å². The number of ketones is 1. The molecular formula is C19H28N2O4S. The molecule has 1 aliphatic heterocycles. The van der Waals surface area contributed by atoms with Gasteiger partial charge >= 0.3 is 0 Å². The molecule has 26 heavy (non-hydrogen) atoms. The van der Waals surface area contributed by atoms with E-state index in [1.807, 2.05) is 12.3 Å². The first-order valence-corrected chi connectivity index (χ1v) is 9.99. The topological polar surface area (TPSA) is 84.5 Å². The average molecular weight is 381 g/mol. The molecule has 144 valence electrons. The minimum atomic E-state index is -0.705. The summed E-state index contributed by atoms with van der Waals surface area (Å²) in [6.07, 6.45) is 1.69. The Morgan fingerprint density at radius 1 is 1.38 bits per heavy atom. The number of carbonyl (C=O) groups is 3. The van der Waals surface area contributed by atoms with E-state index in [0.717, 1.165) is 6.42 Å². The van der Waals surface area contributed by atoms with Gasteiger partial charge in [0, 0.05) is 5.38 Å². The van der Waals surface area contributed by atoms with Gasteiger partial charge < -0.3 is 15.4 Å². The van der Waals surface area contributed by atoms with Crippen molar-refractivity contribution in [1.82, 2.24) is 10.6 Å². The third-order valence-electron chi connectivity index (χ3n) is 4.98. The molecule has 1 aromatic heterocycles. The van der Waals surface area contributed by atoms with Crippen LogP contribution in [0.25, 0.3) is 0 Å². The maximum absolute atomic E-state index is 12.9. The Morgan fingerprint density at radius 3 is 2.69 bits per heavy atom. The Kier molecular flexibility index (Phi) is 6.94. The second-order valence-electron chi connectivity index (χ2n) is 7.47. The predicted octanol–water partition coefficient (Wildman–Crippen LogP) is 2.54. The molecular weight excluding hydrogens is 352 g/mol. The second kappa shape index (κ2) is 8.77. The van der Waals surface area contributed by atoms with Crippen LogP contribution < -0.4 is 10.6 Å². The number of ether oxygens (including phenoxy) is 1. The smallest absolute Gasteiger partial charge is 0.252 e. The van der Waals surface area contributed by atoms with Gasteiger partial charge in [-0.2, -0.15) is 11.3 Å². The monoisotopic (exact) mass is 380 g/mol. The van der Waals surface area contributed by atoms with Crippen molar-refractivity contribution in [3.8, 4) is 0 Å². The molecule has 3 atom stereocenters. The number of Topliss-reactive ketones (excluding diaryl/α,β-unsaturated/α-hetero) is 1. The van der Waals surface area contributed by atoms with E-state index in [1.54, 1.807) is 11.4 Å². The maximum Gasteiger partial charge on any atom is 0.252 e. The summed E-state index contributed by atoms with van der Waals surface area (Å²) >= 11 is 1.43. The average Bonchev–Trinajstić information content (AvgIpc) is 3.25. The molecule has 3 unspecified atom stereocenters. The molecule has 2 amide bonds. The van der Waals surface area contributed by atoms with Crippen molar-refractivity contribution in [3.63, 3.8) is 0 Å². The van der Waals surface area contributed by atoms with E-state index in [1.165, 1.54) is 11.3 Å². The molecule has 0 aliphatic carbocycles. The van der Waals surface area contributed by atoms with Crippen molar-refractivity contribution >= 4 is 28.9 Å². The van der Waals surface area contributed by atoms with Gasteiger partial charge in [-0.25, -0.2) is 0 Å². The van der Waals surface area contributed by atoms with Crippen LogP contribution in [0, 0.1) is 5.41 Å². The minimum Gasteiger partial charge on any atom is -0.368 e. The molecule has 1 saturated heterocycles. The van der Waals surface area contributed by atoms with Crippen molar-refractivity contribution < 1.29 is 19.1 Å². The zero-order valence-corrected chi connectivity index (χ0v) is 16.7. The largest absolute Gasteiger partial charge is 0.368 e. The van der Waals surface area contributed by atoms with E-state index in [0.29, 0.717) is 18.4 Å². The number of rotatable bonds is 8. The number of thiophene rings is 1. The molecule has 0 radical (unpaired) electrons. The Balaban J connectivity index is 2.12. The fourth-order valence-electron chi connectivity index (χ4n) is 2.90. The molecule has 2 N–H and O–H groups in total. The van der Waals surface area contributed by atoms with E-state index < -0.39 is 12.1 Å². The molecule has 0 spiro atoms. The highest BCUT2D eigenvalue weighted by atomic mass is 32.1. The number of carbonyl (C=O) groups excluding carboxylic acids is 3. The summed E-state index contributed by atoms with van der Waals surface area (Å²) in [4.78, 5) is 37.3. The van der Waals surface area contributed by atoms with Gasteiger partial charge in [-0.3, -0.25) is 14.4 Å². The lowest BCUT2D eigenvalue weighted by molar-refractivity contribution is -0.128. The fraction of sp³-hybridized carbons (Fsp3) is 0.632. The lowest BCUT2D eigenvalue weighted by Gasteiger charge is -2.29. The molecule has 2 rings (SSSR count). The summed E-state index contributed by atoms with van der Waals surface area (Å²) in [6, 6.07) is 0.377. The minimum absolute atomic E-state index is 0.0236. The molecule has 2 heterocycles. The van der Waals surface area contributed by atoms with Gasteiger partial charge in [-0.05, 0) is 29.7 Å². The molecule has 7 heteroatoms. The van der Waals surface area contributed by atoms with Gasteiger partial charge in [0.2, 0.25) is 5.91 Å². The van der Waals surface area contributed by atoms with Gasteiger partial charge in [0.15, 0.2) is 5.78 Å². The highest BCUT2D eigenvalue weighted by Crippen LogP contribution is 2.27. The summed E-state index contributed by atoms with van der Waals surface area (Å²) in [5.74, 6) is -0.736. The van der Waals surface area contributed by atoms with Crippen molar-refractivity contribution in [3.05, 3.63) is 22.4 Å². The first-order chi connectivity index (χ1) is 12.3. The second-order valence-corrected chi connectivity index (χ2v) is 8.25. The SMILES string of the molecule is CCC1OCC(=O)C1NC(=O)C(CC(C)(C)CC)NC(=O)c1ccsc1. The van der Waals surface area contributed by atoms with Crippen LogP contribution >= 0.6 is 11.3 Å². The van der Waals surface area contributed by atoms with E-state index in [9.17, 15) is 14.4 Å². The standard InChI is InChI=1S/C19H28N2O4S/c1-5-15-16(14(22)10-25-15)21-18(24)13(9-19(3,4)6-2)20-17(23)12-7-8-26-11-12/h7-8,11,13,15-16H,5-6,9-10H2,1-4H3,(H,20,23)(H,21,24). The Bertz CT molecular complexity index is 642. The number of nitrogens with one attached hydrogen (secondary N) is 2. The van der Waals surface area contributed by atoms with Crippen molar-refractivity contribution in [2.24, 2.45) is 5.41 Å². The Hall–Kier alpha value is -1.73. The third-order valence-corrected chi connectivity index (χ3v) is 5.66. The summed E-state index contributed by atoms with van der Waals surface area (Å²) in [5.41, 5.74) is 0.415. The van der Waals surface area contributed by atoms with Gasteiger partial charge in [-0.1, -0.05) is 34.1 Å². The summed E-state index contributed by atoms with van der Waals surface area (Å²) in [7, 11) is 0. The Morgan fingerprint density at radius 2 is 2.12 bits per heavy atom. The first kappa shape index (κ1) is 20.6. The molecule has 1 aromatic rings. The van der Waals surface area contributed by atoms with E-state index >= 15 is 0 Å². The summed E-state index contributed by atoms with van der Waals surface area (Å²) < 4.78 is 5.42. The molecule has 0 bridgehead atoms. The maximum atomic E-state index is 12.9. The van der Waals surface area contributed by atoms with E-state index in [-0.39, 0.29) is 35.7 Å². The van der Waals surface area contributed by atoms with Crippen LogP contribution in [0.2, 0.25) is 0 Å². The van der Waals surface area contributed by atoms with Crippen LogP contribution in [-0.2, 0) is 14.3 Å². The highest BCUT2D eigenvalue weighted by molar-refractivity contribution is 7.08. The molecule has 0 aromatic carbocycles. The van der Waals surface area contributed by atoms with Crippen LogP contribution in [0.3, 0.4) is 0 Å². The highest BCUT2D eigenvalue weighted by Gasteiger charge is 2.38. The van der Waals surface area contributed by atoms with Gasteiger partial charge in [0.1, 0.15) is 18.7 Å².